The fourth-order valence-electron chi connectivity index (χ4n) is 2.83. The van der Waals surface area contributed by atoms with Crippen LogP contribution in [0.25, 0.3) is 0 Å². The minimum atomic E-state index is -0.921. The molecule has 0 spiro atoms. The van der Waals surface area contributed by atoms with Crippen LogP contribution in [0.5, 0.6) is 0 Å². The minimum absolute atomic E-state index is 0.250. The van der Waals surface area contributed by atoms with E-state index in [9.17, 15) is 4.79 Å². The van der Waals surface area contributed by atoms with Gasteiger partial charge < -0.3 is 5.11 Å². The van der Waals surface area contributed by atoms with Crippen LogP contribution in [-0.2, 0) is 6.54 Å². The highest BCUT2D eigenvalue weighted by atomic mass is 16.4. The molecule has 0 radical (unpaired) electrons. The Morgan fingerprint density at radius 3 is 2.45 bits per heavy atom. The molecule has 4 heteroatoms. The van der Waals surface area contributed by atoms with Gasteiger partial charge in [-0.2, -0.15) is 0 Å². The van der Waals surface area contributed by atoms with Gasteiger partial charge in [-0.15, -0.1) is 0 Å². The predicted octanol–water partition coefficient (Wildman–Crippen LogP) is 3.04. The summed E-state index contributed by atoms with van der Waals surface area (Å²) < 4.78 is 0. The molecule has 0 aliphatic carbocycles. The van der Waals surface area contributed by atoms with Crippen LogP contribution in [0.1, 0.15) is 49.7 Å². The third kappa shape index (κ3) is 3.79. The summed E-state index contributed by atoms with van der Waals surface area (Å²) in [6.07, 6.45) is 3.91. The number of carboxylic acid groups (broad SMARTS) is 1. The van der Waals surface area contributed by atoms with Gasteiger partial charge in [0.25, 0.3) is 0 Å². The van der Waals surface area contributed by atoms with E-state index in [4.69, 9.17) is 5.11 Å². The number of aromatic carboxylic acids is 1. The van der Waals surface area contributed by atoms with Gasteiger partial charge in [0.2, 0.25) is 0 Å². The fraction of sp³-hybridized carbons (Fsp3) is 0.625. The number of nitrogens with zero attached hydrogens (tertiary/aromatic N) is 2. The Morgan fingerprint density at radius 2 is 2.00 bits per heavy atom. The lowest BCUT2D eigenvalue weighted by Crippen LogP contribution is -2.37. The van der Waals surface area contributed by atoms with Crippen molar-refractivity contribution in [3.8, 4) is 0 Å². The molecular weight excluding hydrogens is 252 g/mol. The molecule has 0 saturated carbocycles. The first-order valence-electron chi connectivity index (χ1n) is 7.27. The summed E-state index contributed by atoms with van der Waals surface area (Å²) in [6, 6.07) is 3.45. The maximum absolute atomic E-state index is 10.8. The van der Waals surface area contributed by atoms with Crippen LogP contribution in [0, 0.1) is 11.3 Å². The monoisotopic (exact) mass is 276 g/mol. The van der Waals surface area contributed by atoms with Crippen LogP contribution in [0.15, 0.2) is 18.3 Å². The zero-order chi connectivity index (χ0) is 14.8. The molecule has 4 nitrogen and oxygen atoms in total. The van der Waals surface area contributed by atoms with E-state index in [1.54, 1.807) is 6.07 Å². The Balaban J connectivity index is 1.88. The average Bonchev–Trinajstić information content (AvgIpc) is 2.39. The number of carboxylic acids is 1. The molecule has 110 valence electrons. The van der Waals surface area contributed by atoms with E-state index in [0.717, 1.165) is 31.2 Å². The van der Waals surface area contributed by atoms with Crippen LogP contribution >= 0.6 is 0 Å². The molecule has 0 bridgehead atoms. The zero-order valence-corrected chi connectivity index (χ0v) is 12.6. The second-order valence-corrected chi connectivity index (χ2v) is 6.76. The molecule has 1 fully saturated rings. The fourth-order valence-corrected chi connectivity index (χ4v) is 2.83. The Morgan fingerprint density at radius 1 is 1.35 bits per heavy atom. The van der Waals surface area contributed by atoms with Gasteiger partial charge in [-0.1, -0.05) is 20.8 Å². The predicted molar refractivity (Wildman–Crippen MR) is 78.7 cm³/mol. The number of piperidine rings is 1. The molecule has 1 aromatic heterocycles. The van der Waals surface area contributed by atoms with Crippen molar-refractivity contribution in [3.63, 3.8) is 0 Å². The largest absolute Gasteiger partial charge is 0.478 e. The van der Waals surface area contributed by atoms with E-state index in [0.29, 0.717) is 5.41 Å². The molecule has 0 amide bonds. The van der Waals surface area contributed by atoms with Crippen molar-refractivity contribution in [2.24, 2.45) is 11.3 Å². The average molecular weight is 276 g/mol. The number of pyridine rings is 1. The van der Waals surface area contributed by atoms with E-state index in [1.807, 2.05) is 6.07 Å². The van der Waals surface area contributed by atoms with Crippen molar-refractivity contribution >= 4 is 5.97 Å². The number of aromatic nitrogens is 1. The molecule has 1 saturated heterocycles. The van der Waals surface area contributed by atoms with E-state index in [-0.39, 0.29) is 5.56 Å². The van der Waals surface area contributed by atoms with E-state index >= 15 is 0 Å². The SMILES string of the molecule is CC(C)(C)C1CCN(Cc2ccc(C(=O)O)cn2)CC1. The Hall–Kier alpha value is -1.42. The highest BCUT2D eigenvalue weighted by Crippen LogP contribution is 2.34. The standard InChI is InChI=1S/C16H24N2O2/c1-16(2,3)13-6-8-18(9-7-13)11-14-5-4-12(10-17-14)15(19)20/h4-5,10,13H,6-9,11H2,1-3H3,(H,19,20). The summed E-state index contributed by atoms with van der Waals surface area (Å²) in [5, 5.41) is 8.85. The Labute approximate surface area is 120 Å². The van der Waals surface area contributed by atoms with Crippen molar-refractivity contribution in [2.75, 3.05) is 13.1 Å². The second kappa shape index (κ2) is 5.92. The topological polar surface area (TPSA) is 53.4 Å². The number of likely N-dealkylation sites (tertiary alicyclic amines) is 1. The van der Waals surface area contributed by atoms with Crippen molar-refractivity contribution in [2.45, 2.75) is 40.2 Å². The van der Waals surface area contributed by atoms with Gasteiger partial charge in [-0.25, -0.2) is 4.79 Å². The summed E-state index contributed by atoms with van der Waals surface area (Å²) in [7, 11) is 0. The smallest absolute Gasteiger partial charge is 0.337 e. The van der Waals surface area contributed by atoms with E-state index in [2.05, 4.69) is 30.7 Å². The van der Waals surface area contributed by atoms with Crippen molar-refractivity contribution in [3.05, 3.63) is 29.6 Å². The summed E-state index contributed by atoms with van der Waals surface area (Å²) >= 11 is 0. The van der Waals surface area contributed by atoms with Gasteiger partial charge in [0.05, 0.1) is 11.3 Å². The van der Waals surface area contributed by atoms with E-state index in [1.165, 1.54) is 19.0 Å². The molecule has 2 rings (SSSR count). The molecular formula is C16H24N2O2. The molecule has 2 heterocycles. The first-order valence-corrected chi connectivity index (χ1v) is 7.27. The van der Waals surface area contributed by atoms with Crippen LogP contribution < -0.4 is 0 Å². The zero-order valence-electron chi connectivity index (χ0n) is 12.6. The van der Waals surface area contributed by atoms with Gasteiger partial charge in [0.15, 0.2) is 0 Å². The third-order valence-electron chi connectivity index (χ3n) is 4.27. The van der Waals surface area contributed by atoms with Gasteiger partial charge in [-0.05, 0) is 49.4 Å². The van der Waals surface area contributed by atoms with Crippen LogP contribution in [0.3, 0.4) is 0 Å². The number of hydrogen-bond acceptors (Lipinski definition) is 3. The molecule has 0 atom stereocenters. The summed E-state index contributed by atoms with van der Waals surface area (Å²) in [4.78, 5) is 17.4. The lowest BCUT2D eigenvalue weighted by atomic mass is 9.75. The first-order chi connectivity index (χ1) is 9.36. The third-order valence-corrected chi connectivity index (χ3v) is 4.27. The highest BCUT2D eigenvalue weighted by Gasteiger charge is 2.28. The van der Waals surface area contributed by atoms with Crippen molar-refractivity contribution < 1.29 is 9.90 Å². The van der Waals surface area contributed by atoms with Crippen LogP contribution in [0.2, 0.25) is 0 Å². The molecule has 0 unspecified atom stereocenters. The second-order valence-electron chi connectivity index (χ2n) is 6.76. The highest BCUT2D eigenvalue weighted by molar-refractivity contribution is 5.87. The lowest BCUT2D eigenvalue weighted by molar-refractivity contribution is 0.0696. The van der Waals surface area contributed by atoms with Gasteiger partial charge >= 0.3 is 5.97 Å². The van der Waals surface area contributed by atoms with E-state index < -0.39 is 5.97 Å². The normalized spacial score (nSPS) is 18.1. The molecule has 1 aliphatic rings. The number of hydrogen-bond donors (Lipinski definition) is 1. The maximum atomic E-state index is 10.8. The van der Waals surface area contributed by atoms with Crippen LogP contribution in [0.4, 0.5) is 0 Å². The maximum Gasteiger partial charge on any atom is 0.337 e. The Kier molecular flexibility index (Phi) is 4.43. The Bertz CT molecular complexity index is 454. The molecule has 0 aromatic carbocycles. The quantitative estimate of drug-likeness (QED) is 0.922. The van der Waals surface area contributed by atoms with Gasteiger partial charge in [0.1, 0.15) is 0 Å². The minimum Gasteiger partial charge on any atom is -0.478 e. The van der Waals surface area contributed by atoms with Crippen molar-refractivity contribution in [1.29, 1.82) is 0 Å². The molecule has 20 heavy (non-hydrogen) atoms. The molecule has 1 aromatic rings. The van der Waals surface area contributed by atoms with Gasteiger partial charge in [-0.3, -0.25) is 9.88 Å². The first kappa shape index (κ1) is 15.0. The summed E-state index contributed by atoms with van der Waals surface area (Å²) in [5.41, 5.74) is 1.59. The number of rotatable bonds is 3. The summed E-state index contributed by atoms with van der Waals surface area (Å²) in [6.45, 7) is 9.98. The number of carbonyl (C=O) groups is 1. The summed E-state index contributed by atoms with van der Waals surface area (Å²) in [5.74, 6) is -0.129. The van der Waals surface area contributed by atoms with Crippen LogP contribution in [-0.4, -0.2) is 34.0 Å². The van der Waals surface area contributed by atoms with Crippen molar-refractivity contribution in [1.82, 2.24) is 9.88 Å². The lowest BCUT2D eigenvalue weighted by Gasteiger charge is -2.38. The van der Waals surface area contributed by atoms with Gasteiger partial charge in [0, 0.05) is 12.7 Å². The molecule has 1 N–H and O–H groups in total. The molecule has 1 aliphatic heterocycles.